The zero-order chi connectivity index (χ0) is 12.1. The number of carbonyl (C=O) groups excluding carboxylic acids is 1. The third-order valence-electron chi connectivity index (χ3n) is 2.81. The van der Waals surface area contributed by atoms with Crippen molar-refractivity contribution in [3.05, 3.63) is 12.2 Å². The van der Waals surface area contributed by atoms with E-state index in [1.54, 1.807) is 24.0 Å². The Balaban J connectivity index is 4.46. The van der Waals surface area contributed by atoms with E-state index in [2.05, 4.69) is 0 Å². The number of carbonyl (C=O) groups is 1. The van der Waals surface area contributed by atoms with Gasteiger partial charge in [0.1, 0.15) is 0 Å². The summed E-state index contributed by atoms with van der Waals surface area (Å²) < 4.78 is 0. The molecule has 1 N–H and O–H groups in total. The molecule has 1 atom stereocenters. The molecule has 0 saturated heterocycles. The van der Waals surface area contributed by atoms with E-state index in [4.69, 9.17) is 0 Å². The van der Waals surface area contributed by atoms with Crippen molar-refractivity contribution in [2.45, 2.75) is 40.7 Å². The molecule has 1 amide bonds. The summed E-state index contributed by atoms with van der Waals surface area (Å²) >= 11 is 0. The summed E-state index contributed by atoms with van der Waals surface area (Å²) in [6, 6.07) is 0. The smallest absolute Gasteiger partial charge is 0.246 e. The van der Waals surface area contributed by atoms with Gasteiger partial charge in [0.15, 0.2) is 0 Å². The van der Waals surface area contributed by atoms with Crippen molar-refractivity contribution in [3.8, 4) is 0 Å². The zero-order valence-electron chi connectivity index (χ0n) is 10.4. The molecule has 3 nitrogen and oxygen atoms in total. The lowest BCUT2D eigenvalue weighted by atomic mass is 9.87. The van der Waals surface area contributed by atoms with Crippen LogP contribution in [0.15, 0.2) is 12.2 Å². The molecule has 0 fully saturated rings. The summed E-state index contributed by atoms with van der Waals surface area (Å²) in [7, 11) is 0. The largest absolute Gasteiger partial charge is 0.393 e. The van der Waals surface area contributed by atoms with E-state index in [1.807, 2.05) is 27.7 Å². The lowest BCUT2D eigenvalue weighted by molar-refractivity contribution is -0.125. The van der Waals surface area contributed by atoms with E-state index < -0.39 is 6.10 Å². The SMILES string of the molecule is CCN(CC)C(=O)/C=C/C(C)(C)C(C)O. The summed E-state index contributed by atoms with van der Waals surface area (Å²) in [5, 5.41) is 9.47. The van der Waals surface area contributed by atoms with Gasteiger partial charge in [0, 0.05) is 18.5 Å². The Morgan fingerprint density at radius 2 is 1.87 bits per heavy atom. The quantitative estimate of drug-likeness (QED) is 0.708. The Morgan fingerprint density at radius 1 is 1.40 bits per heavy atom. The fraction of sp³-hybridized carbons (Fsp3) is 0.750. The third kappa shape index (κ3) is 4.47. The molecule has 3 heteroatoms. The van der Waals surface area contributed by atoms with Crippen LogP contribution in [0, 0.1) is 5.41 Å². The fourth-order valence-electron chi connectivity index (χ4n) is 1.07. The fourth-order valence-corrected chi connectivity index (χ4v) is 1.07. The predicted octanol–water partition coefficient (Wildman–Crippen LogP) is 1.82. The molecule has 0 heterocycles. The number of likely N-dealkylation sites (N-methyl/N-ethyl adjacent to an activating group) is 1. The van der Waals surface area contributed by atoms with Gasteiger partial charge in [0.2, 0.25) is 5.91 Å². The van der Waals surface area contributed by atoms with Gasteiger partial charge in [-0.3, -0.25) is 4.79 Å². The molecule has 1 unspecified atom stereocenters. The van der Waals surface area contributed by atoms with Crippen LogP contribution < -0.4 is 0 Å². The minimum Gasteiger partial charge on any atom is -0.393 e. The lowest BCUT2D eigenvalue weighted by Gasteiger charge is -2.24. The van der Waals surface area contributed by atoms with Crippen LogP contribution in [0.4, 0.5) is 0 Å². The lowest BCUT2D eigenvalue weighted by Crippen LogP contribution is -2.30. The first-order chi connectivity index (χ1) is 6.85. The highest BCUT2D eigenvalue weighted by atomic mass is 16.3. The molecule has 0 bridgehead atoms. The molecule has 0 spiro atoms. The molecule has 15 heavy (non-hydrogen) atoms. The molecule has 0 aliphatic rings. The standard InChI is InChI=1S/C12H23NO2/c1-6-13(7-2)11(15)8-9-12(4,5)10(3)14/h8-10,14H,6-7H2,1-5H3/b9-8+. The Labute approximate surface area is 92.8 Å². The van der Waals surface area contributed by atoms with Crippen LogP contribution in [0.3, 0.4) is 0 Å². The minimum absolute atomic E-state index is 0.00808. The summed E-state index contributed by atoms with van der Waals surface area (Å²) in [6.07, 6.45) is 2.87. The van der Waals surface area contributed by atoms with Crippen molar-refractivity contribution in [3.63, 3.8) is 0 Å². The van der Waals surface area contributed by atoms with Gasteiger partial charge in [-0.15, -0.1) is 0 Å². The Kier molecular flexibility index (Phi) is 5.58. The van der Waals surface area contributed by atoms with Gasteiger partial charge in [0.25, 0.3) is 0 Å². The van der Waals surface area contributed by atoms with Crippen LogP contribution >= 0.6 is 0 Å². The van der Waals surface area contributed by atoms with E-state index >= 15 is 0 Å². The molecular weight excluding hydrogens is 190 g/mol. The number of aliphatic hydroxyl groups is 1. The first-order valence-corrected chi connectivity index (χ1v) is 5.51. The Morgan fingerprint density at radius 3 is 2.20 bits per heavy atom. The molecule has 0 radical (unpaired) electrons. The maximum Gasteiger partial charge on any atom is 0.246 e. The maximum absolute atomic E-state index is 11.6. The molecule has 88 valence electrons. The Bertz CT molecular complexity index is 228. The monoisotopic (exact) mass is 213 g/mol. The first kappa shape index (κ1) is 14.2. The van der Waals surface area contributed by atoms with Gasteiger partial charge in [0.05, 0.1) is 6.10 Å². The van der Waals surface area contributed by atoms with Gasteiger partial charge >= 0.3 is 0 Å². The summed E-state index contributed by atoms with van der Waals surface area (Å²) in [5.41, 5.74) is -0.358. The van der Waals surface area contributed by atoms with Crippen LogP contribution in [0.5, 0.6) is 0 Å². The second kappa shape index (κ2) is 5.91. The van der Waals surface area contributed by atoms with Crippen LogP contribution in [0.1, 0.15) is 34.6 Å². The van der Waals surface area contributed by atoms with Gasteiger partial charge in [-0.05, 0) is 26.8 Å². The van der Waals surface area contributed by atoms with Crippen molar-refractivity contribution in [1.29, 1.82) is 0 Å². The molecule has 0 aliphatic carbocycles. The van der Waals surface area contributed by atoms with E-state index in [-0.39, 0.29) is 11.3 Å². The van der Waals surface area contributed by atoms with E-state index in [1.165, 1.54) is 0 Å². The highest BCUT2D eigenvalue weighted by Crippen LogP contribution is 2.21. The molecule has 0 aromatic heterocycles. The number of nitrogens with zero attached hydrogens (tertiary/aromatic N) is 1. The highest BCUT2D eigenvalue weighted by molar-refractivity contribution is 5.87. The third-order valence-corrected chi connectivity index (χ3v) is 2.81. The molecule has 0 rings (SSSR count). The first-order valence-electron chi connectivity index (χ1n) is 5.51. The van der Waals surface area contributed by atoms with Crippen LogP contribution in [0.2, 0.25) is 0 Å². The second-order valence-electron chi connectivity index (χ2n) is 4.34. The molecule has 0 aromatic carbocycles. The van der Waals surface area contributed by atoms with Gasteiger partial charge in [-0.2, -0.15) is 0 Å². The Hall–Kier alpha value is -0.830. The topological polar surface area (TPSA) is 40.5 Å². The number of hydrogen-bond donors (Lipinski definition) is 1. The maximum atomic E-state index is 11.6. The summed E-state index contributed by atoms with van der Waals surface area (Å²) in [5.74, 6) is 0.00808. The van der Waals surface area contributed by atoms with E-state index in [9.17, 15) is 9.90 Å². The van der Waals surface area contributed by atoms with Crippen molar-refractivity contribution in [2.24, 2.45) is 5.41 Å². The molecule has 0 aliphatic heterocycles. The predicted molar refractivity (Wildman–Crippen MR) is 62.5 cm³/mol. The molecule has 0 aromatic rings. The van der Waals surface area contributed by atoms with Crippen molar-refractivity contribution >= 4 is 5.91 Å². The van der Waals surface area contributed by atoms with Gasteiger partial charge in [-0.1, -0.05) is 19.9 Å². The average molecular weight is 213 g/mol. The van der Waals surface area contributed by atoms with Crippen molar-refractivity contribution in [1.82, 2.24) is 4.90 Å². The van der Waals surface area contributed by atoms with Gasteiger partial charge in [-0.25, -0.2) is 0 Å². The number of aliphatic hydroxyl groups excluding tert-OH is 1. The number of hydrogen-bond acceptors (Lipinski definition) is 2. The summed E-state index contributed by atoms with van der Waals surface area (Å²) in [4.78, 5) is 13.4. The minimum atomic E-state index is -0.460. The van der Waals surface area contributed by atoms with Gasteiger partial charge < -0.3 is 10.0 Å². The van der Waals surface area contributed by atoms with Crippen LogP contribution in [-0.2, 0) is 4.79 Å². The highest BCUT2D eigenvalue weighted by Gasteiger charge is 2.21. The number of rotatable bonds is 5. The van der Waals surface area contributed by atoms with Crippen LogP contribution in [-0.4, -0.2) is 35.1 Å². The summed E-state index contributed by atoms with van der Waals surface area (Å²) in [6.45, 7) is 10.9. The van der Waals surface area contributed by atoms with Crippen molar-refractivity contribution in [2.75, 3.05) is 13.1 Å². The average Bonchev–Trinajstić information content (AvgIpc) is 2.16. The van der Waals surface area contributed by atoms with E-state index in [0.29, 0.717) is 0 Å². The molecule has 0 saturated carbocycles. The van der Waals surface area contributed by atoms with Crippen molar-refractivity contribution < 1.29 is 9.90 Å². The van der Waals surface area contributed by atoms with E-state index in [0.717, 1.165) is 13.1 Å². The van der Waals surface area contributed by atoms with Crippen LogP contribution in [0.25, 0.3) is 0 Å². The zero-order valence-corrected chi connectivity index (χ0v) is 10.4. The number of amides is 1. The molecular formula is C12H23NO2. The second-order valence-corrected chi connectivity index (χ2v) is 4.34. The normalized spacial score (nSPS) is 14.3.